The highest BCUT2D eigenvalue weighted by Gasteiger charge is 2.10. The zero-order valence-electron chi connectivity index (χ0n) is 8.71. The first kappa shape index (κ1) is 9.65. The van der Waals surface area contributed by atoms with Gasteiger partial charge in [-0.25, -0.2) is 0 Å². The SMILES string of the molecule is O=c1cc(C2=NNOC=C2)oc2ccccc12. The molecular formula is C12H8N2O3. The maximum atomic E-state index is 11.9. The third kappa shape index (κ3) is 1.67. The van der Waals surface area contributed by atoms with Gasteiger partial charge in [0.15, 0.2) is 11.2 Å². The topological polar surface area (TPSA) is 63.8 Å². The number of allylic oxidation sites excluding steroid dienone is 1. The van der Waals surface area contributed by atoms with Gasteiger partial charge in [0.1, 0.15) is 17.6 Å². The Hall–Kier alpha value is -2.56. The van der Waals surface area contributed by atoms with Crippen LogP contribution in [-0.2, 0) is 4.84 Å². The Morgan fingerprint density at radius 3 is 2.94 bits per heavy atom. The standard InChI is InChI=1S/C12H8N2O3/c15-10-7-12(9-5-6-16-14-13-9)17-11-4-2-1-3-8(10)11/h1-7,14H. The van der Waals surface area contributed by atoms with Crippen LogP contribution in [0.15, 0.2) is 57.0 Å². The van der Waals surface area contributed by atoms with Crippen molar-refractivity contribution in [2.45, 2.75) is 0 Å². The Balaban J connectivity index is 2.22. The molecule has 1 aromatic heterocycles. The van der Waals surface area contributed by atoms with Crippen molar-refractivity contribution in [2.75, 3.05) is 0 Å². The van der Waals surface area contributed by atoms with Crippen LogP contribution < -0.4 is 11.0 Å². The number of benzene rings is 1. The number of fused-ring (bicyclic) bond motifs is 1. The largest absolute Gasteiger partial charge is 0.454 e. The van der Waals surface area contributed by atoms with E-state index in [-0.39, 0.29) is 5.43 Å². The molecule has 5 heteroatoms. The highest BCUT2D eigenvalue weighted by molar-refractivity contribution is 6.07. The molecule has 84 valence electrons. The maximum absolute atomic E-state index is 11.9. The molecule has 2 heterocycles. The Morgan fingerprint density at radius 2 is 2.12 bits per heavy atom. The highest BCUT2D eigenvalue weighted by atomic mass is 16.7. The highest BCUT2D eigenvalue weighted by Crippen LogP contribution is 2.13. The summed E-state index contributed by atoms with van der Waals surface area (Å²) in [5.41, 5.74) is 3.30. The van der Waals surface area contributed by atoms with E-state index in [0.29, 0.717) is 22.4 Å². The Morgan fingerprint density at radius 1 is 1.24 bits per heavy atom. The summed E-state index contributed by atoms with van der Waals surface area (Å²) in [4.78, 5) is 16.6. The molecule has 3 rings (SSSR count). The lowest BCUT2D eigenvalue weighted by atomic mass is 10.2. The number of nitrogens with one attached hydrogen (secondary N) is 1. The Kier molecular flexibility index (Phi) is 2.15. The predicted octanol–water partition coefficient (Wildman–Crippen LogP) is 1.55. The van der Waals surface area contributed by atoms with Crippen LogP contribution in [0.3, 0.4) is 0 Å². The quantitative estimate of drug-likeness (QED) is 0.804. The maximum Gasteiger partial charge on any atom is 0.193 e. The minimum atomic E-state index is -0.0931. The van der Waals surface area contributed by atoms with Crippen molar-refractivity contribution in [1.29, 1.82) is 0 Å². The summed E-state index contributed by atoms with van der Waals surface area (Å²) in [6.07, 6.45) is 3.04. The van der Waals surface area contributed by atoms with E-state index in [1.165, 1.54) is 12.3 Å². The molecular weight excluding hydrogens is 220 g/mol. The molecule has 0 unspecified atom stereocenters. The van der Waals surface area contributed by atoms with Gasteiger partial charge >= 0.3 is 0 Å². The molecule has 0 amide bonds. The van der Waals surface area contributed by atoms with E-state index in [1.54, 1.807) is 24.3 Å². The zero-order valence-corrected chi connectivity index (χ0v) is 8.71. The predicted molar refractivity (Wildman–Crippen MR) is 62.4 cm³/mol. The van der Waals surface area contributed by atoms with Gasteiger partial charge < -0.3 is 9.25 Å². The smallest absolute Gasteiger partial charge is 0.193 e. The lowest BCUT2D eigenvalue weighted by molar-refractivity contribution is 0.135. The molecule has 0 radical (unpaired) electrons. The summed E-state index contributed by atoms with van der Waals surface area (Å²) in [6, 6.07) is 8.50. The molecule has 1 N–H and O–H groups in total. The van der Waals surface area contributed by atoms with Crippen molar-refractivity contribution < 1.29 is 9.25 Å². The number of para-hydroxylation sites is 1. The molecule has 5 nitrogen and oxygen atoms in total. The first-order valence-corrected chi connectivity index (χ1v) is 5.03. The van der Waals surface area contributed by atoms with E-state index in [0.717, 1.165) is 0 Å². The summed E-state index contributed by atoms with van der Waals surface area (Å²) < 4.78 is 5.60. The van der Waals surface area contributed by atoms with Gasteiger partial charge in [0.2, 0.25) is 0 Å². The van der Waals surface area contributed by atoms with Crippen LogP contribution in [0, 0.1) is 0 Å². The lowest BCUT2D eigenvalue weighted by Crippen LogP contribution is -2.14. The van der Waals surface area contributed by atoms with Crippen LogP contribution in [0.1, 0.15) is 5.76 Å². The van der Waals surface area contributed by atoms with E-state index in [1.807, 2.05) is 6.07 Å². The first-order chi connectivity index (χ1) is 8.34. The number of rotatable bonds is 1. The second-order valence-corrected chi connectivity index (χ2v) is 3.48. The van der Waals surface area contributed by atoms with Gasteiger partial charge in [-0.15, -0.1) is 10.7 Å². The molecule has 1 aromatic carbocycles. The van der Waals surface area contributed by atoms with Crippen molar-refractivity contribution >= 4 is 16.7 Å². The molecule has 0 atom stereocenters. The fourth-order valence-electron chi connectivity index (χ4n) is 1.61. The Bertz CT molecular complexity index is 685. The average Bonchev–Trinajstić information content (AvgIpc) is 2.40. The minimum absolute atomic E-state index is 0.0931. The summed E-state index contributed by atoms with van der Waals surface area (Å²) in [7, 11) is 0. The summed E-state index contributed by atoms with van der Waals surface area (Å²) in [5.74, 6) is 0.403. The molecule has 0 saturated carbocycles. The van der Waals surface area contributed by atoms with E-state index in [9.17, 15) is 4.79 Å². The first-order valence-electron chi connectivity index (χ1n) is 5.03. The van der Waals surface area contributed by atoms with Crippen molar-refractivity contribution in [3.8, 4) is 0 Å². The molecule has 0 fully saturated rings. The molecule has 0 bridgehead atoms. The van der Waals surface area contributed by atoms with Crippen molar-refractivity contribution in [2.24, 2.45) is 5.10 Å². The fraction of sp³-hybridized carbons (Fsp3) is 0. The van der Waals surface area contributed by atoms with Crippen LogP contribution in [0.4, 0.5) is 0 Å². The molecule has 0 spiro atoms. The van der Waals surface area contributed by atoms with Crippen LogP contribution in [-0.4, -0.2) is 5.71 Å². The van der Waals surface area contributed by atoms with Gasteiger partial charge in [-0.2, -0.15) is 0 Å². The normalized spacial score (nSPS) is 14.0. The lowest BCUT2D eigenvalue weighted by Gasteiger charge is -2.07. The molecule has 1 aliphatic heterocycles. The molecule has 0 aliphatic carbocycles. The second kappa shape index (κ2) is 3.79. The van der Waals surface area contributed by atoms with Gasteiger partial charge in [0.05, 0.1) is 5.39 Å². The van der Waals surface area contributed by atoms with Crippen LogP contribution in [0.2, 0.25) is 0 Å². The van der Waals surface area contributed by atoms with Crippen LogP contribution in [0.25, 0.3) is 11.0 Å². The van der Waals surface area contributed by atoms with Crippen LogP contribution >= 0.6 is 0 Å². The summed E-state index contributed by atoms with van der Waals surface area (Å²) in [5, 5.41) is 4.43. The average molecular weight is 228 g/mol. The van der Waals surface area contributed by atoms with Crippen molar-refractivity contribution in [3.63, 3.8) is 0 Å². The molecule has 17 heavy (non-hydrogen) atoms. The van der Waals surface area contributed by atoms with Gasteiger partial charge in [0, 0.05) is 12.1 Å². The number of hydrogen-bond donors (Lipinski definition) is 1. The van der Waals surface area contributed by atoms with Gasteiger partial charge in [-0.3, -0.25) is 4.79 Å². The van der Waals surface area contributed by atoms with Gasteiger partial charge in [-0.1, -0.05) is 12.1 Å². The van der Waals surface area contributed by atoms with E-state index in [4.69, 9.17) is 9.25 Å². The van der Waals surface area contributed by atoms with Crippen LogP contribution in [0.5, 0.6) is 0 Å². The third-order valence-corrected chi connectivity index (χ3v) is 2.40. The number of hydrazone groups is 1. The van der Waals surface area contributed by atoms with Crippen molar-refractivity contribution in [3.05, 3.63) is 58.7 Å². The minimum Gasteiger partial charge on any atom is -0.454 e. The number of hydrogen-bond acceptors (Lipinski definition) is 5. The molecule has 0 saturated heterocycles. The number of nitrogens with zero attached hydrogens (tertiary/aromatic N) is 1. The summed E-state index contributed by atoms with van der Waals surface area (Å²) in [6.45, 7) is 0. The van der Waals surface area contributed by atoms with Gasteiger partial charge in [-0.05, 0) is 12.1 Å². The van der Waals surface area contributed by atoms with E-state index < -0.39 is 0 Å². The van der Waals surface area contributed by atoms with E-state index >= 15 is 0 Å². The van der Waals surface area contributed by atoms with Crippen molar-refractivity contribution in [1.82, 2.24) is 5.59 Å². The molecule has 2 aromatic rings. The monoisotopic (exact) mass is 228 g/mol. The summed E-state index contributed by atoms with van der Waals surface area (Å²) >= 11 is 0. The fourth-order valence-corrected chi connectivity index (χ4v) is 1.61. The second-order valence-electron chi connectivity index (χ2n) is 3.48. The van der Waals surface area contributed by atoms with E-state index in [2.05, 4.69) is 10.7 Å². The third-order valence-electron chi connectivity index (χ3n) is 2.40. The Labute approximate surface area is 96.0 Å². The van der Waals surface area contributed by atoms with Gasteiger partial charge in [0.25, 0.3) is 0 Å². The zero-order chi connectivity index (χ0) is 11.7. The molecule has 1 aliphatic rings.